The quantitative estimate of drug-likeness (QED) is 0.516. The van der Waals surface area contributed by atoms with Crippen LogP contribution >= 0.6 is 0 Å². The molecule has 3 aromatic rings. The van der Waals surface area contributed by atoms with Gasteiger partial charge in [-0.25, -0.2) is 19.7 Å². The van der Waals surface area contributed by atoms with Crippen molar-refractivity contribution >= 4 is 11.8 Å². The fraction of sp³-hybridized carbons (Fsp3) is 0.160. The maximum atomic E-state index is 11.8. The molecule has 1 atom stereocenters. The van der Waals surface area contributed by atoms with Crippen LogP contribution in [0.1, 0.15) is 24.8 Å². The normalized spacial score (nSPS) is 13.5. The van der Waals surface area contributed by atoms with E-state index in [9.17, 15) is 9.90 Å². The van der Waals surface area contributed by atoms with E-state index in [0.29, 0.717) is 35.1 Å². The molecule has 8 heteroatoms. The van der Waals surface area contributed by atoms with Crippen LogP contribution in [-0.4, -0.2) is 32.1 Å². The molecule has 8 nitrogen and oxygen atoms in total. The minimum atomic E-state index is -0.939. The van der Waals surface area contributed by atoms with Gasteiger partial charge in [-0.1, -0.05) is 18.2 Å². The highest BCUT2D eigenvalue weighted by molar-refractivity contribution is 5.78. The number of nitriles is 1. The molecule has 0 radical (unpaired) electrons. The van der Waals surface area contributed by atoms with Crippen molar-refractivity contribution in [2.45, 2.75) is 25.3 Å². The first-order valence-corrected chi connectivity index (χ1v) is 10.4. The van der Waals surface area contributed by atoms with Crippen LogP contribution in [0.5, 0.6) is 11.6 Å². The van der Waals surface area contributed by atoms with Gasteiger partial charge in [0.1, 0.15) is 23.9 Å². The number of nitrogens with one attached hydrogen (secondary N) is 1. The van der Waals surface area contributed by atoms with Crippen LogP contribution in [0.4, 0.5) is 5.82 Å². The standard InChI is InChI=1S/C25H21N5O3/c26-15-18-10-11-27-24(13-18)33-20-8-6-19(7-9-20)21-14-23(29-16-28-21)30-22(25(31)32)12-17-4-2-1-3-5-17/h2,4-11,13-14,16,22H,1,3,12H2,(H,31,32)(H,28,29,30). The molecule has 0 fully saturated rings. The highest BCUT2D eigenvalue weighted by atomic mass is 16.5. The number of hydrogen-bond acceptors (Lipinski definition) is 7. The van der Waals surface area contributed by atoms with E-state index in [4.69, 9.17) is 10.00 Å². The van der Waals surface area contributed by atoms with Gasteiger partial charge in [0, 0.05) is 30.3 Å². The molecule has 1 aromatic carbocycles. The smallest absolute Gasteiger partial charge is 0.326 e. The summed E-state index contributed by atoms with van der Waals surface area (Å²) in [6.07, 6.45) is 11.3. The summed E-state index contributed by atoms with van der Waals surface area (Å²) in [7, 11) is 0. The first kappa shape index (κ1) is 21.7. The number of rotatable bonds is 8. The first-order valence-electron chi connectivity index (χ1n) is 10.4. The molecular weight excluding hydrogens is 418 g/mol. The fourth-order valence-corrected chi connectivity index (χ4v) is 3.38. The third-order valence-electron chi connectivity index (χ3n) is 5.04. The summed E-state index contributed by atoms with van der Waals surface area (Å²) >= 11 is 0. The zero-order valence-electron chi connectivity index (χ0n) is 17.7. The lowest BCUT2D eigenvalue weighted by Gasteiger charge is -2.17. The van der Waals surface area contributed by atoms with Gasteiger partial charge in [-0.3, -0.25) is 0 Å². The summed E-state index contributed by atoms with van der Waals surface area (Å²) in [6.45, 7) is 0. The van der Waals surface area contributed by atoms with E-state index in [1.807, 2.05) is 24.3 Å². The molecule has 0 bridgehead atoms. The molecule has 1 aliphatic rings. The number of carboxylic acid groups (broad SMARTS) is 1. The SMILES string of the molecule is N#Cc1ccnc(Oc2ccc(-c3cc(NC(CC4=CCCC=C4)C(=O)O)ncn3)cc2)c1. The Balaban J connectivity index is 1.46. The monoisotopic (exact) mass is 439 g/mol. The van der Waals surface area contributed by atoms with Crippen LogP contribution in [0.2, 0.25) is 0 Å². The predicted octanol–water partition coefficient (Wildman–Crippen LogP) is 4.73. The van der Waals surface area contributed by atoms with Gasteiger partial charge in [-0.05, 0) is 48.7 Å². The molecule has 1 unspecified atom stereocenters. The molecule has 0 saturated carbocycles. The van der Waals surface area contributed by atoms with Crippen LogP contribution in [0.25, 0.3) is 11.3 Å². The van der Waals surface area contributed by atoms with Crippen molar-refractivity contribution in [3.63, 3.8) is 0 Å². The third-order valence-corrected chi connectivity index (χ3v) is 5.04. The molecule has 0 aliphatic heterocycles. The minimum Gasteiger partial charge on any atom is -0.480 e. The van der Waals surface area contributed by atoms with E-state index in [0.717, 1.165) is 24.0 Å². The molecule has 33 heavy (non-hydrogen) atoms. The van der Waals surface area contributed by atoms with Gasteiger partial charge in [0.15, 0.2) is 0 Å². The molecule has 4 rings (SSSR count). The highest BCUT2D eigenvalue weighted by Crippen LogP contribution is 2.25. The Morgan fingerprint density at radius 2 is 2.00 bits per heavy atom. The lowest BCUT2D eigenvalue weighted by atomic mass is 10.00. The Morgan fingerprint density at radius 1 is 1.15 bits per heavy atom. The average molecular weight is 439 g/mol. The lowest BCUT2D eigenvalue weighted by molar-refractivity contribution is -0.137. The summed E-state index contributed by atoms with van der Waals surface area (Å²) in [6, 6.07) is 13.4. The summed E-state index contributed by atoms with van der Waals surface area (Å²) in [4.78, 5) is 24.4. The van der Waals surface area contributed by atoms with Gasteiger partial charge >= 0.3 is 5.97 Å². The number of aromatic nitrogens is 3. The Bertz CT molecular complexity index is 1250. The number of pyridine rings is 1. The Hall–Kier alpha value is -4.51. The molecule has 164 valence electrons. The molecule has 2 heterocycles. The molecule has 1 aliphatic carbocycles. The number of aliphatic carboxylic acids is 1. The number of allylic oxidation sites excluding steroid dienone is 3. The lowest BCUT2D eigenvalue weighted by Crippen LogP contribution is -2.30. The second-order valence-corrected chi connectivity index (χ2v) is 7.41. The Kier molecular flexibility index (Phi) is 6.71. The zero-order valence-corrected chi connectivity index (χ0v) is 17.7. The van der Waals surface area contributed by atoms with E-state index >= 15 is 0 Å². The highest BCUT2D eigenvalue weighted by Gasteiger charge is 2.19. The van der Waals surface area contributed by atoms with Crippen LogP contribution in [0.15, 0.2) is 78.8 Å². The largest absolute Gasteiger partial charge is 0.480 e. The van der Waals surface area contributed by atoms with E-state index in [-0.39, 0.29) is 0 Å². The van der Waals surface area contributed by atoms with Gasteiger partial charge in [0.25, 0.3) is 0 Å². The van der Waals surface area contributed by atoms with Gasteiger partial charge in [0.05, 0.1) is 17.3 Å². The number of anilines is 1. The molecule has 2 aromatic heterocycles. The van der Waals surface area contributed by atoms with Crippen molar-refractivity contribution in [1.29, 1.82) is 5.26 Å². The van der Waals surface area contributed by atoms with Crippen molar-refractivity contribution in [1.82, 2.24) is 15.0 Å². The molecule has 0 saturated heterocycles. The van der Waals surface area contributed by atoms with E-state index in [2.05, 4.69) is 32.4 Å². The maximum Gasteiger partial charge on any atom is 0.326 e. The van der Waals surface area contributed by atoms with Crippen molar-refractivity contribution in [2.75, 3.05) is 5.32 Å². The predicted molar refractivity (Wildman–Crippen MR) is 123 cm³/mol. The van der Waals surface area contributed by atoms with E-state index < -0.39 is 12.0 Å². The summed E-state index contributed by atoms with van der Waals surface area (Å²) in [5.41, 5.74) is 2.93. The van der Waals surface area contributed by atoms with Crippen molar-refractivity contribution in [2.24, 2.45) is 0 Å². The third kappa shape index (κ3) is 5.80. The summed E-state index contributed by atoms with van der Waals surface area (Å²) < 4.78 is 5.70. The second kappa shape index (κ2) is 10.2. The van der Waals surface area contributed by atoms with Crippen LogP contribution in [0, 0.1) is 11.3 Å². The van der Waals surface area contributed by atoms with Crippen molar-refractivity contribution < 1.29 is 14.6 Å². The van der Waals surface area contributed by atoms with Crippen LogP contribution in [0.3, 0.4) is 0 Å². The van der Waals surface area contributed by atoms with Gasteiger partial charge < -0.3 is 15.2 Å². The van der Waals surface area contributed by atoms with E-state index in [1.54, 1.807) is 30.3 Å². The Morgan fingerprint density at radius 3 is 2.73 bits per heavy atom. The molecular formula is C25H21N5O3. The Labute approximate surface area is 190 Å². The number of nitrogens with zero attached hydrogens (tertiary/aromatic N) is 4. The van der Waals surface area contributed by atoms with Crippen molar-refractivity contribution in [3.05, 3.63) is 84.4 Å². The first-order chi connectivity index (χ1) is 16.1. The molecule has 2 N–H and O–H groups in total. The zero-order chi connectivity index (χ0) is 23.0. The number of hydrogen-bond donors (Lipinski definition) is 2. The van der Waals surface area contributed by atoms with Gasteiger partial charge in [-0.2, -0.15) is 5.26 Å². The summed E-state index contributed by atoms with van der Waals surface area (Å²) in [5.74, 6) is 0.391. The van der Waals surface area contributed by atoms with Gasteiger partial charge in [-0.15, -0.1) is 0 Å². The number of carboxylic acids is 1. The fourth-order valence-electron chi connectivity index (χ4n) is 3.38. The van der Waals surface area contributed by atoms with Gasteiger partial charge in [0.2, 0.25) is 5.88 Å². The number of ether oxygens (including phenoxy) is 1. The molecule has 0 spiro atoms. The summed E-state index contributed by atoms with van der Waals surface area (Å²) in [5, 5.41) is 21.6. The topological polar surface area (TPSA) is 121 Å². The average Bonchev–Trinajstić information content (AvgIpc) is 2.85. The number of carbonyl (C=O) groups is 1. The number of benzene rings is 1. The van der Waals surface area contributed by atoms with Crippen molar-refractivity contribution in [3.8, 4) is 29.0 Å². The van der Waals surface area contributed by atoms with E-state index in [1.165, 1.54) is 12.5 Å². The minimum absolute atomic E-state index is 0.331. The molecule has 0 amide bonds. The maximum absolute atomic E-state index is 11.8. The van der Waals surface area contributed by atoms with Crippen LogP contribution in [-0.2, 0) is 4.79 Å². The van der Waals surface area contributed by atoms with Crippen LogP contribution < -0.4 is 10.1 Å². The second-order valence-electron chi connectivity index (χ2n) is 7.41.